The topological polar surface area (TPSA) is 149 Å². The molecule has 0 aromatic rings. The first-order chi connectivity index (χ1) is 36.3. The summed E-state index contributed by atoms with van der Waals surface area (Å²) < 4.78 is 11.2. The van der Waals surface area contributed by atoms with Crippen LogP contribution in [0.5, 0.6) is 0 Å². The molecule has 6 N–H and O–H groups in total. The van der Waals surface area contributed by atoms with Crippen LogP contribution in [0, 0.1) is 0 Å². The standard InChI is InChI=1S/C65H111NO8/c1-3-5-7-9-11-13-15-17-19-21-23-24-25-26-27-28-29-30-31-32-33-34-35-37-38-40-42-44-46-48-50-52-54-59(68)58(57-73-65-64(72)63(71)62(70)60(56-67)74-65)66-61(69)55-53-51-49-47-45-43-41-39-36-22-20-18-16-14-12-10-8-6-4-2/h6,8,12,14,18,20,36-39,43-46,49,51-52,54,58-60,62-65,67-68,70-72H,3-5,7,9-11,13,15-17,19,21-35,40-42,47-48,50,53,55-57H2,1-2H3,(H,66,69)/b8-6-,14-12-,20-18-,38-37+,39-36-,45-43-,46-44+,51-49-,54-52+. The summed E-state index contributed by atoms with van der Waals surface area (Å²) in [6.45, 7) is 3.60. The minimum atomic E-state index is -1.60. The van der Waals surface area contributed by atoms with Crippen LogP contribution in [0.1, 0.15) is 239 Å². The smallest absolute Gasteiger partial charge is 0.220 e. The zero-order valence-corrected chi connectivity index (χ0v) is 47.1. The van der Waals surface area contributed by atoms with E-state index in [0.717, 1.165) is 64.2 Å². The second-order valence-corrected chi connectivity index (χ2v) is 20.4. The number of allylic oxidation sites excluding steroid dienone is 17. The first-order valence-corrected chi connectivity index (χ1v) is 30.1. The lowest BCUT2D eigenvalue weighted by molar-refractivity contribution is -0.302. The second-order valence-electron chi connectivity index (χ2n) is 20.4. The first kappa shape index (κ1) is 68.9. The molecule has 74 heavy (non-hydrogen) atoms. The highest BCUT2D eigenvalue weighted by Crippen LogP contribution is 2.23. The molecule has 424 valence electrons. The van der Waals surface area contributed by atoms with Crippen molar-refractivity contribution >= 4 is 5.91 Å². The average Bonchev–Trinajstić information content (AvgIpc) is 3.40. The van der Waals surface area contributed by atoms with E-state index in [1.807, 2.05) is 18.2 Å². The van der Waals surface area contributed by atoms with Crippen molar-refractivity contribution in [3.05, 3.63) is 109 Å². The van der Waals surface area contributed by atoms with E-state index in [0.29, 0.717) is 12.8 Å². The summed E-state index contributed by atoms with van der Waals surface area (Å²) in [6.07, 6.45) is 71.9. The van der Waals surface area contributed by atoms with Crippen LogP contribution in [0.25, 0.3) is 0 Å². The van der Waals surface area contributed by atoms with Crippen LogP contribution in [-0.4, -0.2) is 87.5 Å². The van der Waals surface area contributed by atoms with Crippen molar-refractivity contribution in [3.8, 4) is 0 Å². The molecule has 0 aromatic carbocycles. The van der Waals surface area contributed by atoms with Crippen LogP contribution < -0.4 is 5.32 Å². The van der Waals surface area contributed by atoms with E-state index in [1.165, 1.54) is 141 Å². The average molecular weight is 1030 g/mol. The Morgan fingerprint density at radius 1 is 0.473 bits per heavy atom. The van der Waals surface area contributed by atoms with Crippen molar-refractivity contribution in [2.24, 2.45) is 0 Å². The molecule has 1 rings (SSSR count). The fourth-order valence-electron chi connectivity index (χ4n) is 8.86. The number of unbranched alkanes of at least 4 members (excludes halogenated alkanes) is 24. The van der Waals surface area contributed by atoms with E-state index in [2.05, 4.69) is 104 Å². The first-order valence-electron chi connectivity index (χ1n) is 30.1. The molecule has 1 aliphatic heterocycles. The van der Waals surface area contributed by atoms with E-state index < -0.39 is 49.5 Å². The second kappa shape index (κ2) is 53.3. The van der Waals surface area contributed by atoms with E-state index in [4.69, 9.17) is 9.47 Å². The molecule has 1 aliphatic rings. The van der Waals surface area contributed by atoms with Gasteiger partial charge in [0.2, 0.25) is 5.91 Å². The van der Waals surface area contributed by atoms with Gasteiger partial charge < -0.3 is 40.3 Å². The third-order valence-electron chi connectivity index (χ3n) is 13.6. The van der Waals surface area contributed by atoms with Gasteiger partial charge in [-0.3, -0.25) is 4.79 Å². The molecular weight excluding hydrogens is 923 g/mol. The Kier molecular flexibility index (Phi) is 49.6. The van der Waals surface area contributed by atoms with E-state index in [1.54, 1.807) is 6.08 Å². The van der Waals surface area contributed by atoms with Crippen molar-refractivity contribution < 1.29 is 39.8 Å². The molecule has 0 radical (unpaired) electrons. The fraction of sp³-hybridized carbons (Fsp3) is 0.708. The SMILES string of the molecule is CC/C=C\C/C=C\C/C=C\C/C=C\C/C=C\C/C=C\CCC(=O)NC(COC1OC(CO)C(O)C(O)C1O)C(O)/C=C/CC/C=C/CC/C=C/CCCCCCCCCCCCCCCCCCCCCCCC. The van der Waals surface area contributed by atoms with Gasteiger partial charge in [0.1, 0.15) is 24.4 Å². The van der Waals surface area contributed by atoms with Crippen LogP contribution in [0.3, 0.4) is 0 Å². The van der Waals surface area contributed by atoms with Gasteiger partial charge in [0.25, 0.3) is 0 Å². The fourth-order valence-corrected chi connectivity index (χ4v) is 8.86. The number of ether oxygens (including phenoxy) is 2. The number of aliphatic hydroxyl groups is 5. The molecule has 0 aromatic heterocycles. The highest BCUT2D eigenvalue weighted by molar-refractivity contribution is 5.76. The lowest BCUT2D eigenvalue weighted by atomic mass is 9.99. The summed E-state index contributed by atoms with van der Waals surface area (Å²) in [5, 5.41) is 54.4. The predicted molar refractivity (Wildman–Crippen MR) is 313 cm³/mol. The van der Waals surface area contributed by atoms with Crippen LogP contribution in [-0.2, 0) is 14.3 Å². The highest BCUT2D eigenvalue weighted by Gasteiger charge is 2.44. The number of rotatable bonds is 50. The number of hydrogen-bond donors (Lipinski definition) is 6. The van der Waals surface area contributed by atoms with Gasteiger partial charge in [-0.1, -0.05) is 258 Å². The maximum atomic E-state index is 13.0. The van der Waals surface area contributed by atoms with Gasteiger partial charge in [-0.05, 0) is 83.5 Å². The molecule has 7 atom stereocenters. The number of aliphatic hydroxyl groups excluding tert-OH is 5. The lowest BCUT2D eigenvalue weighted by Gasteiger charge is -2.40. The van der Waals surface area contributed by atoms with Gasteiger partial charge in [0.05, 0.1) is 25.4 Å². The molecule has 0 aliphatic carbocycles. The molecule has 0 bridgehead atoms. The summed E-state index contributed by atoms with van der Waals surface area (Å²) in [5.41, 5.74) is 0. The lowest BCUT2D eigenvalue weighted by Crippen LogP contribution is -2.60. The van der Waals surface area contributed by atoms with Gasteiger partial charge >= 0.3 is 0 Å². The van der Waals surface area contributed by atoms with Crippen molar-refractivity contribution in [1.29, 1.82) is 0 Å². The van der Waals surface area contributed by atoms with Crippen molar-refractivity contribution in [2.45, 2.75) is 281 Å². The van der Waals surface area contributed by atoms with Gasteiger partial charge in [0.15, 0.2) is 6.29 Å². The Labute approximate surface area is 453 Å². The maximum absolute atomic E-state index is 13.0. The van der Waals surface area contributed by atoms with E-state index in [-0.39, 0.29) is 18.9 Å². The van der Waals surface area contributed by atoms with Crippen molar-refractivity contribution in [1.82, 2.24) is 5.32 Å². The molecular formula is C65H111NO8. The normalized spacial score (nSPS) is 19.8. The van der Waals surface area contributed by atoms with Gasteiger partial charge in [-0.15, -0.1) is 0 Å². The van der Waals surface area contributed by atoms with Crippen molar-refractivity contribution in [3.63, 3.8) is 0 Å². The number of nitrogens with one attached hydrogen (secondary N) is 1. The van der Waals surface area contributed by atoms with E-state index in [9.17, 15) is 30.3 Å². The number of carbonyl (C=O) groups excluding carboxylic acids is 1. The molecule has 1 fully saturated rings. The summed E-state index contributed by atoms with van der Waals surface area (Å²) in [4.78, 5) is 13.0. The third kappa shape index (κ3) is 42.0. The summed E-state index contributed by atoms with van der Waals surface area (Å²) in [7, 11) is 0. The van der Waals surface area contributed by atoms with Gasteiger partial charge in [0, 0.05) is 6.42 Å². The molecule has 1 saturated heterocycles. The molecule has 1 amide bonds. The van der Waals surface area contributed by atoms with Crippen LogP contribution in [0.15, 0.2) is 109 Å². The molecule has 9 nitrogen and oxygen atoms in total. The highest BCUT2D eigenvalue weighted by atomic mass is 16.7. The van der Waals surface area contributed by atoms with Crippen LogP contribution >= 0.6 is 0 Å². The quantitative estimate of drug-likeness (QED) is 0.0261. The number of carbonyl (C=O) groups is 1. The zero-order valence-electron chi connectivity index (χ0n) is 47.1. The maximum Gasteiger partial charge on any atom is 0.220 e. The van der Waals surface area contributed by atoms with Gasteiger partial charge in [-0.25, -0.2) is 0 Å². The minimum Gasteiger partial charge on any atom is -0.394 e. The summed E-state index contributed by atoms with van der Waals surface area (Å²) in [6, 6.07) is -0.878. The monoisotopic (exact) mass is 1030 g/mol. The summed E-state index contributed by atoms with van der Waals surface area (Å²) >= 11 is 0. The number of hydrogen-bond acceptors (Lipinski definition) is 8. The van der Waals surface area contributed by atoms with Gasteiger partial charge in [-0.2, -0.15) is 0 Å². The Balaban J connectivity index is 2.26. The largest absolute Gasteiger partial charge is 0.394 e. The molecule has 1 heterocycles. The molecule has 0 saturated carbocycles. The Hall–Kier alpha value is -3.15. The third-order valence-corrected chi connectivity index (χ3v) is 13.6. The van der Waals surface area contributed by atoms with Crippen LogP contribution in [0.2, 0.25) is 0 Å². The predicted octanol–water partition coefficient (Wildman–Crippen LogP) is 15.3. The Morgan fingerprint density at radius 2 is 0.851 bits per heavy atom. The van der Waals surface area contributed by atoms with Crippen molar-refractivity contribution in [2.75, 3.05) is 13.2 Å². The number of amides is 1. The summed E-state index contributed by atoms with van der Waals surface area (Å²) in [5.74, 6) is -0.276. The molecule has 7 unspecified atom stereocenters. The van der Waals surface area contributed by atoms with Crippen LogP contribution in [0.4, 0.5) is 0 Å². The molecule has 0 spiro atoms. The van der Waals surface area contributed by atoms with E-state index >= 15 is 0 Å². The Morgan fingerprint density at radius 3 is 1.28 bits per heavy atom. The Bertz CT molecular complexity index is 1530. The minimum absolute atomic E-state index is 0.203. The zero-order chi connectivity index (χ0) is 53.6. The molecule has 9 heteroatoms.